The van der Waals surface area contributed by atoms with Gasteiger partial charge in [0.05, 0.1) is 50.8 Å². The first-order valence-corrected chi connectivity index (χ1v) is 10.3. The van der Waals surface area contributed by atoms with Gasteiger partial charge in [0.1, 0.15) is 5.75 Å². The number of pyridine rings is 1. The summed E-state index contributed by atoms with van der Waals surface area (Å²) in [6.07, 6.45) is 3.99. The van der Waals surface area contributed by atoms with Crippen LogP contribution >= 0.6 is 0 Å². The second kappa shape index (κ2) is 10.1. The number of hydrogen-bond acceptors (Lipinski definition) is 7. The van der Waals surface area contributed by atoms with Gasteiger partial charge in [-0.25, -0.2) is 4.98 Å². The van der Waals surface area contributed by atoms with Crippen molar-refractivity contribution in [1.82, 2.24) is 19.9 Å². The van der Waals surface area contributed by atoms with Gasteiger partial charge in [0.25, 0.3) is 5.56 Å². The lowest BCUT2D eigenvalue weighted by Crippen LogP contribution is -2.25. The highest BCUT2D eigenvalue weighted by Gasteiger charge is 2.13. The quantitative estimate of drug-likeness (QED) is 0.545. The number of carbonyl (C=O) groups is 1. The molecule has 0 bridgehead atoms. The first kappa shape index (κ1) is 23.1. The maximum Gasteiger partial charge on any atom is 0.261 e. The maximum atomic E-state index is 12.8. The van der Waals surface area contributed by atoms with E-state index >= 15 is 0 Å². The van der Waals surface area contributed by atoms with Gasteiger partial charge in [-0.15, -0.1) is 0 Å². The van der Waals surface area contributed by atoms with E-state index in [9.17, 15) is 9.59 Å². The fourth-order valence-corrected chi connectivity index (χ4v) is 3.57. The van der Waals surface area contributed by atoms with Gasteiger partial charge in [0.2, 0.25) is 5.91 Å². The van der Waals surface area contributed by atoms with Gasteiger partial charge in [-0.05, 0) is 26.3 Å². The van der Waals surface area contributed by atoms with Crippen LogP contribution in [0.3, 0.4) is 0 Å². The number of aryl methyl sites for hydroxylation is 2. The predicted molar refractivity (Wildman–Crippen MR) is 120 cm³/mol. The Hall–Kier alpha value is -3.62. The van der Waals surface area contributed by atoms with E-state index in [0.717, 1.165) is 22.6 Å². The Morgan fingerprint density at radius 3 is 2.47 bits per heavy atom. The molecule has 3 rings (SSSR count). The van der Waals surface area contributed by atoms with Crippen LogP contribution in [-0.4, -0.2) is 41.8 Å². The van der Waals surface area contributed by atoms with Gasteiger partial charge in [-0.2, -0.15) is 0 Å². The van der Waals surface area contributed by atoms with Crippen LogP contribution in [0.5, 0.6) is 17.2 Å². The van der Waals surface area contributed by atoms with E-state index in [-0.39, 0.29) is 17.9 Å². The van der Waals surface area contributed by atoms with Gasteiger partial charge in [0.15, 0.2) is 11.5 Å². The molecule has 2 heterocycles. The number of fused-ring (bicyclic) bond motifs is 1. The molecule has 2 aromatic heterocycles. The van der Waals surface area contributed by atoms with Gasteiger partial charge in [0, 0.05) is 36.4 Å². The normalized spacial score (nSPS) is 10.8. The number of nitrogens with one attached hydrogen (secondary N) is 1. The smallest absolute Gasteiger partial charge is 0.261 e. The summed E-state index contributed by atoms with van der Waals surface area (Å²) < 4.78 is 17.4. The Morgan fingerprint density at radius 2 is 1.78 bits per heavy atom. The van der Waals surface area contributed by atoms with E-state index in [2.05, 4.69) is 15.3 Å². The molecule has 170 valence electrons. The van der Waals surface area contributed by atoms with Crippen LogP contribution in [0, 0.1) is 13.8 Å². The number of aromatic nitrogens is 3. The Bertz CT molecular complexity index is 1190. The zero-order valence-corrected chi connectivity index (χ0v) is 19.0. The van der Waals surface area contributed by atoms with Crippen molar-refractivity contribution in [2.75, 3.05) is 21.3 Å². The first-order valence-electron chi connectivity index (χ1n) is 10.3. The number of nitrogens with zero attached hydrogens (tertiary/aromatic N) is 3. The molecule has 9 heteroatoms. The van der Waals surface area contributed by atoms with Crippen molar-refractivity contribution < 1.29 is 19.0 Å². The summed E-state index contributed by atoms with van der Waals surface area (Å²) in [7, 11) is 4.66. The summed E-state index contributed by atoms with van der Waals surface area (Å²) in [5.41, 5.74) is 2.96. The number of ether oxygens (including phenoxy) is 3. The van der Waals surface area contributed by atoms with Crippen LogP contribution in [0.25, 0.3) is 10.9 Å². The predicted octanol–water partition coefficient (Wildman–Crippen LogP) is 2.53. The molecule has 1 N–H and O–H groups in total. The van der Waals surface area contributed by atoms with Crippen LogP contribution in [0.4, 0.5) is 0 Å². The van der Waals surface area contributed by atoms with E-state index in [4.69, 9.17) is 14.2 Å². The summed E-state index contributed by atoms with van der Waals surface area (Å²) in [5, 5.41) is 3.31. The molecule has 0 aliphatic carbocycles. The van der Waals surface area contributed by atoms with Gasteiger partial charge in [-0.3, -0.25) is 19.1 Å². The molecule has 0 aliphatic heterocycles. The van der Waals surface area contributed by atoms with Crippen LogP contribution in [0.15, 0.2) is 29.5 Å². The Balaban J connectivity index is 1.61. The molecule has 0 aliphatic rings. The van der Waals surface area contributed by atoms with Crippen LogP contribution in [0.1, 0.15) is 29.7 Å². The minimum Gasteiger partial charge on any atom is -0.496 e. The minimum absolute atomic E-state index is 0.112. The lowest BCUT2D eigenvalue weighted by Gasteiger charge is -2.13. The summed E-state index contributed by atoms with van der Waals surface area (Å²) in [6.45, 7) is 4.54. The zero-order valence-electron chi connectivity index (χ0n) is 19.0. The molecule has 0 radical (unpaired) electrons. The Morgan fingerprint density at radius 1 is 1.06 bits per heavy atom. The standard InChI is InChI=1S/C23H28N4O5/c1-14-11-24-18(15(2)22(14)32-5)12-25-21(28)7-6-8-27-13-26-17-10-20(31-4)19(30-3)9-16(17)23(27)29/h9-11,13H,6-8,12H2,1-5H3,(H,25,28). The van der Waals surface area contributed by atoms with Crippen molar-refractivity contribution in [2.24, 2.45) is 0 Å². The Kier molecular flexibility index (Phi) is 7.29. The van der Waals surface area contributed by atoms with E-state index in [0.29, 0.717) is 41.9 Å². The molecule has 0 spiro atoms. The maximum absolute atomic E-state index is 12.8. The van der Waals surface area contributed by atoms with Crippen molar-refractivity contribution in [3.63, 3.8) is 0 Å². The van der Waals surface area contributed by atoms with E-state index in [1.54, 1.807) is 25.4 Å². The molecule has 9 nitrogen and oxygen atoms in total. The largest absolute Gasteiger partial charge is 0.496 e. The van der Waals surface area contributed by atoms with Crippen molar-refractivity contribution in [2.45, 2.75) is 39.8 Å². The second-order valence-corrected chi connectivity index (χ2v) is 7.39. The van der Waals surface area contributed by atoms with Crippen molar-refractivity contribution in [3.8, 4) is 17.2 Å². The number of methoxy groups -OCH3 is 3. The third-order valence-corrected chi connectivity index (χ3v) is 5.33. The average Bonchev–Trinajstić information content (AvgIpc) is 2.79. The zero-order chi connectivity index (χ0) is 23.3. The summed E-state index contributed by atoms with van der Waals surface area (Å²) >= 11 is 0. The fourth-order valence-electron chi connectivity index (χ4n) is 3.57. The minimum atomic E-state index is -0.192. The monoisotopic (exact) mass is 440 g/mol. The first-order chi connectivity index (χ1) is 15.4. The highest BCUT2D eigenvalue weighted by molar-refractivity contribution is 5.81. The molecule has 0 fully saturated rings. The fraction of sp³-hybridized carbons (Fsp3) is 0.391. The van der Waals surface area contributed by atoms with E-state index in [1.807, 2.05) is 13.8 Å². The van der Waals surface area contributed by atoms with Crippen molar-refractivity contribution in [3.05, 3.63) is 51.8 Å². The van der Waals surface area contributed by atoms with Gasteiger partial charge >= 0.3 is 0 Å². The molecule has 0 saturated heterocycles. The third-order valence-electron chi connectivity index (χ3n) is 5.33. The second-order valence-electron chi connectivity index (χ2n) is 7.39. The molecule has 1 aromatic carbocycles. The molecule has 3 aromatic rings. The summed E-state index contributed by atoms with van der Waals surface area (Å²) in [6, 6.07) is 3.29. The summed E-state index contributed by atoms with van der Waals surface area (Å²) in [5.74, 6) is 1.64. The number of rotatable bonds is 9. The molecule has 0 saturated carbocycles. The van der Waals surface area contributed by atoms with Crippen LogP contribution in [0.2, 0.25) is 0 Å². The molecule has 0 unspecified atom stereocenters. The number of benzene rings is 1. The van der Waals surface area contributed by atoms with Gasteiger partial charge < -0.3 is 19.5 Å². The lowest BCUT2D eigenvalue weighted by atomic mass is 10.1. The molecular weight excluding hydrogens is 412 g/mol. The Labute approximate surface area is 186 Å². The summed E-state index contributed by atoms with van der Waals surface area (Å²) in [4.78, 5) is 33.8. The number of carbonyl (C=O) groups excluding carboxylic acids is 1. The SMILES string of the molecule is COc1cc2ncn(CCCC(=O)NCc3ncc(C)c(OC)c3C)c(=O)c2cc1OC. The number of hydrogen-bond donors (Lipinski definition) is 1. The van der Waals surface area contributed by atoms with Crippen molar-refractivity contribution >= 4 is 16.8 Å². The lowest BCUT2D eigenvalue weighted by molar-refractivity contribution is -0.121. The average molecular weight is 441 g/mol. The molecule has 1 amide bonds. The molecule has 0 atom stereocenters. The highest BCUT2D eigenvalue weighted by Crippen LogP contribution is 2.29. The number of amides is 1. The van der Waals surface area contributed by atoms with Gasteiger partial charge in [-0.1, -0.05) is 0 Å². The molecular formula is C23H28N4O5. The molecule has 32 heavy (non-hydrogen) atoms. The highest BCUT2D eigenvalue weighted by atomic mass is 16.5. The van der Waals surface area contributed by atoms with Crippen LogP contribution < -0.4 is 25.1 Å². The topological polar surface area (TPSA) is 105 Å². The third kappa shape index (κ3) is 4.82. The van der Waals surface area contributed by atoms with Crippen molar-refractivity contribution in [1.29, 1.82) is 0 Å². The van der Waals surface area contributed by atoms with E-state index in [1.165, 1.54) is 25.1 Å². The van der Waals surface area contributed by atoms with E-state index < -0.39 is 0 Å². The van der Waals surface area contributed by atoms with Crippen LogP contribution in [-0.2, 0) is 17.9 Å².